The smallest absolute Gasteiger partial charge is 0.178 e. The third-order valence-corrected chi connectivity index (χ3v) is 3.90. The minimum absolute atomic E-state index is 0.0952. The zero-order valence-electron chi connectivity index (χ0n) is 8.78. The monoisotopic (exact) mass is 239 g/mol. The van der Waals surface area contributed by atoms with E-state index < -0.39 is 9.84 Å². The molecule has 1 rings (SSSR count). The highest BCUT2D eigenvalue weighted by atomic mass is 32.2. The van der Waals surface area contributed by atoms with Crippen molar-refractivity contribution in [3.63, 3.8) is 0 Å². The zero-order valence-corrected chi connectivity index (χ0v) is 9.60. The summed E-state index contributed by atoms with van der Waals surface area (Å²) in [6, 6.07) is 8.35. The Labute approximate surface area is 94.7 Å². The van der Waals surface area contributed by atoms with Crippen molar-refractivity contribution in [2.45, 2.75) is 17.7 Å². The summed E-state index contributed by atoms with van der Waals surface area (Å²) >= 11 is 0. The molecule has 0 aliphatic carbocycles. The SMILES string of the molecule is [N-]=[N+]=NCCCCS(=O)(=O)c1ccccc1. The molecule has 1 aromatic rings. The summed E-state index contributed by atoms with van der Waals surface area (Å²) in [5.74, 6) is 0.0952. The van der Waals surface area contributed by atoms with Crippen LogP contribution in [0, 0.1) is 0 Å². The quantitative estimate of drug-likeness (QED) is 0.331. The highest BCUT2D eigenvalue weighted by Crippen LogP contribution is 2.11. The van der Waals surface area contributed by atoms with E-state index in [9.17, 15) is 8.42 Å². The van der Waals surface area contributed by atoms with Gasteiger partial charge in [-0.1, -0.05) is 23.3 Å². The number of hydrogen-bond acceptors (Lipinski definition) is 3. The summed E-state index contributed by atoms with van der Waals surface area (Å²) in [5.41, 5.74) is 8.04. The van der Waals surface area contributed by atoms with Crippen molar-refractivity contribution in [2.24, 2.45) is 5.11 Å². The van der Waals surface area contributed by atoms with Gasteiger partial charge < -0.3 is 0 Å². The Bertz CT molecular complexity index is 464. The number of nitrogens with zero attached hydrogens (tertiary/aromatic N) is 3. The maximum atomic E-state index is 11.8. The van der Waals surface area contributed by atoms with Crippen molar-refractivity contribution in [3.05, 3.63) is 40.8 Å². The Morgan fingerprint density at radius 2 is 1.88 bits per heavy atom. The van der Waals surface area contributed by atoms with Gasteiger partial charge in [0.15, 0.2) is 9.84 Å². The zero-order chi connectivity index (χ0) is 11.9. The summed E-state index contributed by atoms with van der Waals surface area (Å²) in [6.07, 6.45) is 1.10. The molecule has 0 bridgehead atoms. The lowest BCUT2D eigenvalue weighted by Gasteiger charge is -2.02. The molecule has 1 aromatic carbocycles. The molecule has 0 radical (unpaired) electrons. The highest BCUT2D eigenvalue weighted by Gasteiger charge is 2.12. The lowest BCUT2D eigenvalue weighted by atomic mass is 10.3. The molecule has 0 aliphatic heterocycles. The van der Waals surface area contributed by atoms with E-state index in [1.807, 2.05) is 0 Å². The van der Waals surface area contributed by atoms with Crippen LogP contribution in [0.1, 0.15) is 12.8 Å². The van der Waals surface area contributed by atoms with Crippen molar-refractivity contribution in [1.29, 1.82) is 0 Å². The number of unbranched alkanes of at least 4 members (excludes halogenated alkanes) is 1. The van der Waals surface area contributed by atoms with E-state index >= 15 is 0 Å². The van der Waals surface area contributed by atoms with Gasteiger partial charge in [-0.2, -0.15) is 0 Å². The van der Waals surface area contributed by atoms with E-state index in [1.54, 1.807) is 30.3 Å². The molecule has 0 aliphatic rings. The largest absolute Gasteiger partial charge is 0.224 e. The fourth-order valence-corrected chi connectivity index (χ4v) is 2.66. The predicted octanol–water partition coefficient (Wildman–Crippen LogP) is 2.55. The molecule has 0 atom stereocenters. The van der Waals surface area contributed by atoms with Gasteiger partial charge in [0.1, 0.15) is 0 Å². The fraction of sp³-hybridized carbons (Fsp3) is 0.400. The van der Waals surface area contributed by atoms with E-state index in [4.69, 9.17) is 5.53 Å². The molecule has 0 unspecified atom stereocenters. The minimum atomic E-state index is -3.18. The first-order valence-corrected chi connectivity index (χ1v) is 6.61. The Morgan fingerprint density at radius 1 is 1.19 bits per heavy atom. The van der Waals surface area contributed by atoms with Crippen LogP contribution in [0.2, 0.25) is 0 Å². The first kappa shape index (κ1) is 12.5. The topological polar surface area (TPSA) is 82.9 Å². The highest BCUT2D eigenvalue weighted by molar-refractivity contribution is 7.91. The summed E-state index contributed by atoms with van der Waals surface area (Å²) in [7, 11) is -3.18. The van der Waals surface area contributed by atoms with Gasteiger partial charge in [0.2, 0.25) is 0 Å². The van der Waals surface area contributed by atoms with E-state index in [0.717, 1.165) is 0 Å². The van der Waals surface area contributed by atoms with Gasteiger partial charge in [-0.15, -0.1) is 0 Å². The predicted molar refractivity (Wildman–Crippen MR) is 61.7 cm³/mol. The average Bonchev–Trinajstić information content (AvgIpc) is 2.30. The number of hydrogen-bond donors (Lipinski definition) is 0. The molecular weight excluding hydrogens is 226 g/mol. The maximum Gasteiger partial charge on any atom is 0.178 e. The number of rotatable bonds is 6. The molecule has 6 heteroatoms. The van der Waals surface area contributed by atoms with Crippen molar-refractivity contribution in [2.75, 3.05) is 12.3 Å². The molecule has 0 saturated carbocycles. The lowest BCUT2D eigenvalue weighted by molar-refractivity contribution is 0.592. The van der Waals surface area contributed by atoms with Crippen LogP contribution in [0.3, 0.4) is 0 Å². The molecule has 0 saturated heterocycles. The van der Waals surface area contributed by atoms with Crippen LogP contribution < -0.4 is 0 Å². The van der Waals surface area contributed by atoms with Crippen LogP contribution in [-0.2, 0) is 9.84 Å². The van der Waals surface area contributed by atoms with Gasteiger partial charge in [-0.3, -0.25) is 0 Å². The number of azide groups is 1. The Morgan fingerprint density at radius 3 is 2.50 bits per heavy atom. The van der Waals surface area contributed by atoms with E-state index in [0.29, 0.717) is 24.3 Å². The van der Waals surface area contributed by atoms with Gasteiger partial charge in [0.05, 0.1) is 10.6 Å². The molecule has 0 spiro atoms. The third-order valence-electron chi connectivity index (χ3n) is 2.09. The first-order valence-electron chi connectivity index (χ1n) is 4.95. The summed E-state index contributed by atoms with van der Waals surface area (Å²) in [4.78, 5) is 2.95. The number of benzene rings is 1. The van der Waals surface area contributed by atoms with Gasteiger partial charge in [0, 0.05) is 11.5 Å². The Balaban J connectivity index is 2.50. The Kier molecular flexibility index (Phi) is 4.82. The second kappa shape index (κ2) is 6.15. The van der Waals surface area contributed by atoms with Gasteiger partial charge in [-0.25, -0.2) is 8.42 Å². The third kappa shape index (κ3) is 3.92. The normalized spacial score (nSPS) is 10.8. The van der Waals surface area contributed by atoms with Crippen LogP contribution >= 0.6 is 0 Å². The summed E-state index contributed by atoms with van der Waals surface area (Å²) in [6.45, 7) is 0.348. The van der Waals surface area contributed by atoms with E-state index in [-0.39, 0.29) is 5.75 Å². The molecule has 5 nitrogen and oxygen atoms in total. The molecule has 0 aromatic heterocycles. The fourth-order valence-electron chi connectivity index (χ4n) is 1.26. The van der Waals surface area contributed by atoms with Crippen LogP contribution in [0.5, 0.6) is 0 Å². The molecule has 0 heterocycles. The Hall–Kier alpha value is -1.52. The second-order valence-electron chi connectivity index (χ2n) is 3.29. The average molecular weight is 239 g/mol. The molecule has 0 amide bonds. The van der Waals surface area contributed by atoms with Crippen molar-refractivity contribution < 1.29 is 8.42 Å². The standard InChI is InChI=1S/C10H13N3O2S/c11-13-12-8-4-5-9-16(14,15)10-6-2-1-3-7-10/h1-3,6-7H,4-5,8-9H2. The van der Waals surface area contributed by atoms with Crippen LogP contribution in [0.4, 0.5) is 0 Å². The van der Waals surface area contributed by atoms with Crippen LogP contribution in [0.25, 0.3) is 10.4 Å². The van der Waals surface area contributed by atoms with Crippen molar-refractivity contribution in [3.8, 4) is 0 Å². The van der Waals surface area contributed by atoms with E-state index in [2.05, 4.69) is 10.0 Å². The molecule has 16 heavy (non-hydrogen) atoms. The van der Waals surface area contributed by atoms with Gasteiger partial charge in [-0.05, 0) is 30.5 Å². The van der Waals surface area contributed by atoms with Crippen LogP contribution in [0.15, 0.2) is 40.3 Å². The van der Waals surface area contributed by atoms with Gasteiger partial charge in [0.25, 0.3) is 0 Å². The number of sulfone groups is 1. The van der Waals surface area contributed by atoms with Crippen LogP contribution in [-0.4, -0.2) is 20.7 Å². The lowest BCUT2D eigenvalue weighted by Crippen LogP contribution is -2.06. The maximum absolute atomic E-state index is 11.8. The first-order chi connectivity index (χ1) is 7.67. The second-order valence-corrected chi connectivity index (χ2v) is 5.40. The molecule has 0 N–H and O–H groups in total. The minimum Gasteiger partial charge on any atom is -0.224 e. The molecular formula is C10H13N3O2S. The summed E-state index contributed by atoms with van der Waals surface area (Å²) in [5, 5.41) is 3.35. The van der Waals surface area contributed by atoms with Crippen molar-refractivity contribution in [1.82, 2.24) is 0 Å². The molecule has 0 fully saturated rings. The van der Waals surface area contributed by atoms with E-state index in [1.165, 1.54) is 0 Å². The summed E-state index contributed by atoms with van der Waals surface area (Å²) < 4.78 is 23.5. The van der Waals surface area contributed by atoms with Gasteiger partial charge >= 0.3 is 0 Å². The molecule has 86 valence electrons. The van der Waals surface area contributed by atoms with Crippen molar-refractivity contribution >= 4 is 9.84 Å².